The van der Waals surface area contributed by atoms with Crippen LogP contribution >= 0.6 is 8.17 Å². The number of aryl methyl sites for hydroxylation is 2. The number of nitrogens with zero attached hydrogens (tertiary/aromatic N) is 2. The number of ether oxygens (including phenoxy) is 2. The van der Waals surface area contributed by atoms with Crippen LogP contribution in [0.2, 0.25) is 0 Å². The molecule has 168 valence electrons. The van der Waals surface area contributed by atoms with Crippen molar-refractivity contribution in [3.05, 3.63) is 46.8 Å². The van der Waals surface area contributed by atoms with E-state index in [0.29, 0.717) is 22.6 Å². The van der Waals surface area contributed by atoms with Gasteiger partial charge in [0.05, 0.1) is 18.4 Å². The third-order valence-electron chi connectivity index (χ3n) is 4.28. The SMILES string of the molecule is Cc1ccc(O[P+]([O-])=N[C@@H](C)C(=O)OC(C)C)cc1OCc1cnc(C)c(O)c1CO. The van der Waals surface area contributed by atoms with Gasteiger partial charge in [-0.1, -0.05) is 10.8 Å². The Bertz CT molecular complexity index is 963. The zero-order chi connectivity index (χ0) is 23.1. The van der Waals surface area contributed by atoms with Crippen LogP contribution in [0.1, 0.15) is 43.2 Å². The first-order valence-electron chi connectivity index (χ1n) is 9.69. The maximum absolute atomic E-state index is 12.2. The Labute approximate surface area is 182 Å². The molecule has 0 saturated carbocycles. The summed E-state index contributed by atoms with van der Waals surface area (Å²) < 4.78 is 20.0. The van der Waals surface area contributed by atoms with E-state index in [1.165, 1.54) is 13.1 Å². The Balaban J connectivity index is 2.11. The molecule has 0 aliphatic rings. The van der Waals surface area contributed by atoms with Crippen molar-refractivity contribution in [2.75, 3.05) is 0 Å². The van der Waals surface area contributed by atoms with Gasteiger partial charge in [0.1, 0.15) is 18.1 Å². The summed E-state index contributed by atoms with van der Waals surface area (Å²) in [5.41, 5.74) is 2.10. The number of pyridine rings is 1. The van der Waals surface area contributed by atoms with Gasteiger partial charge in [0, 0.05) is 23.4 Å². The predicted molar refractivity (Wildman–Crippen MR) is 113 cm³/mol. The fraction of sp³-hybridized carbons (Fsp3) is 0.429. The van der Waals surface area contributed by atoms with Gasteiger partial charge in [0.2, 0.25) is 0 Å². The van der Waals surface area contributed by atoms with E-state index in [4.69, 9.17) is 14.0 Å². The number of carbonyl (C=O) groups is 1. The molecule has 31 heavy (non-hydrogen) atoms. The Hall–Kier alpha value is -2.74. The van der Waals surface area contributed by atoms with E-state index >= 15 is 0 Å². The van der Waals surface area contributed by atoms with Crippen molar-refractivity contribution in [2.24, 2.45) is 4.74 Å². The summed E-state index contributed by atoms with van der Waals surface area (Å²) >= 11 is 0. The number of aromatic nitrogens is 1. The molecular weight excluding hydrogens is 423 g/mol. The molecule has 1 heterocycles. The molecule has 0 amide bonds. The van der Waals surface area contributed by atoms with Gasteiger partial charge in [0.25, 0.3) is 0 Å². The van der Waals surface area contributed by atoms with E-state index in [9.17, 15) is 19.9 Å². The highest BCUT2D eigenvalue weighted by Crippen LogP contribution is 2.31. The first-order valence-corrected chi connectivity index (χ1v) is 10.8. The lowest BCUT2D eigenvalue weighted by Crippen LogP contribution is -2.21. The Morgan fingerprint density at radius 3 is 2.65 bits per heavy atom. The summed E-state index contributed by atoms with van der Waals surface area (Å²) in [6, 6.07) is 3.96. The van der Waals surface area contributed by atoms with Crippen LogP contribution in [0.25, 0.3) is 0 Å². The Morgan fingerprint density at radius 2 is 2.00 bits per heavy atom. The quantitative estimate of drug-likeness (QED) is 0.440. The molecule has 0 aliphatic carbocycles. The largest absolute Gasteiger partial charge is 0.575 e. The number of aliphatic hydroxyl groups is 1. The average Bonchev–Trinajstić information content (AvgIpc) is 2.70. The van der Waals surface area contributed by atoms with Crippen molar-refractivity contribution < 1.29 is 33.9 Å². The molecule has 2 aromatic rings. The number of benzene rings is 1. The molecule has 0 radical (unpaired) electrons. The Morgan fingerprint density at radius 1 is 1.29 bits per heavy atom. The molecule has 0 bridgehead atoms. The fourth-order valence-electron chi connectivity index (χ4n) is 2.57. The molecule has 1 unspecified atom stereocenters. The number of rotatable bonds is 9. The van der Waals surface area contributed by atoms with Gasteiger partial charge < -0.3 is 24.6 Å². The first-order chi connectivity index (χ1) is 14.6. The lowest BCUT2D eigenvalue weighted by atomic mass is 10.1. The molecule has 0 spiro atoms. The normalized spacial score (nSPS) is 12.6. The summed E-state index contributed by atoms with van der Waals surface area (Å²) in [6.07, 6.45) is 1.24. The van der Waals surface area contributed by atoms with Gasteiger partial charge in [-0.3, -0.25) is 9.51 Å². The topological polar surface area (TPSA) is 134 Å². The molecule has 2 rings (SSSR count). The summed E-state index contributed by atoms with van der Waals surface area (Å²) in [4.78, 5) is 28.1. The van der Waals surface area contributed by atoms with Crippen LogP contribution in [0, 0.1) is 13.8 Å². The lowest BCUT2D eigenvalue weighted by Gasteiger charge is -2.14. The highest BCUT2D eigenvalue weighted by molar-refractivity contribution is 7.34. The minimum atomic E-state index is -2.50. The molecule has 10 heteroatoms. The summed E-state index contributed by atoms with van der Waals surface area (Å²) in [6.45, 7) is 8.07. The van der Waals surface area contributed by atoms with E-state index in [2.05, 4.69) is 9.73 Å². The average molecular weight is 450 g/mol. The second-order valence-electron chi connectivity index (χ2n) is 7.18. The van der Waals surface area contributed by atoms with Crippen molar-refractivity contribution in [3.63, 3.8) is 0 Å². The van der Waals surface area contributed by atoms with Crippen molar-refractivity contribution in [1.82, 2.24) is 4.98 Å². The van der Waals surface area contributed by atoms with Gasteiger partial charge in [0.15, 0.2) is 11.8 Å². The highest BCUT2D eigenvalue weighted by Gasteiger charge is 2.20. The van der Waals surface area contributed by atoms with Gasteiger partial charge in [-0.2, -0.15) is 0 Å². The molecule has 9 nitrogen and oxygen atoms in total. The monoisotopic (exact) mass is 450 g/mol. The second kappa shape index (κ2) is 11.0. The van der Waals surface area contributed by atoms with Crippen LogP contribution in [0.15, 0.2) is 29.1 Å². The summed E-state index contributed by atoms with van der Waals surface area (Å²) in [5.74, 6) is 0.0601. The number of carbonyl (C=O) groups excluding carboxylic acids is 1. The smallest absolute Gasteiger partial charge is 0.395 e. The van der Waals surface area contributed by atoms with Crippen LogP contribution in [-0.4, -0.2) is 33.3 Å². The molecule has 0 fully saturated rings. The van der Waals surface area contributed by atoms with Gasteiger partial charge >= 0.3 is 14.1 Å². The summed E-state index contributed by atoms with van der Waals surface area (Å²) in [5, 5.41) is 19.6. The number of esters is 1. The minimum absolute atomic E-state index is 0.0512. The molecule has 1 aromatic carbocycles. The summed E-state index contributed by atoms with van der Waals surface area (Å²) in [7, 11) is -2.50. The van der Waals surface area contributed by atoms with E-state index in [1.807, 2.05) is 6.92 Å². The fourth-order valence-corrected chi connectivity index (χ4v) is 3.28. The van der Waals surface area contributed by atoms with Crippen LogP contribution in [-0.2, 0) is 22.7 Å². The van der Waals surface area contributed by atoms with Gasteiger partial charge in [-0.25, -0.2) is 4.79 Å². The number of aromatic hydroxyl groups is 1. The van der Waals surface area contributed by atoms with Crippen molar-refractivity contribution in [2.45, 2.75) is 60.0 Å². The highest BCUT2D eigenvalue weighted by atomic mass is 31.1. The van der Waals surface area contributed by atoms with E-state index in [0.717, 1.165) is 5.56 Å². The van der Waals surface area contributed by atoms with Crippen molar-refractivity contribution >= 4 is 14.1 Å². The zero-order valence-electron chi connectivity index (χ0n) is 18.2. The predicted octanol–water partition coefficient (Wildman–Crippen LogP) is 3.05. The van der Waals surface area contributed by atoms with Crippen LogP contribution in [0.5, 0.6) is 17.2 Å². The maximum atomic E-state index is 12.2. The number of aliphatic hydroxyl groups excluding tert-OH is 1. The molecular formula is C21H27N2O7P. The van der Waals surface area contributed by atoms with Crippen molar-refractivity contribution in [3.8, 4) is 17.2 Å². The van der Waals surface area contributed by atoms with E-state index in [-0.39, 0.29) is 30.8 Å². The molecule has 0 saturated heterocycles. The lowest BCUT2D eigenvalue weighted by molar-refractivity contribution is -0.170. The minimum Gasteiger partial charge on any atom is -0.575 e. The van der Waals surface area contributed by atoms with E-state index in [1.54, 1.807) is 39.0 Å². The third kappa shape index (κ3) is 6.89. The molecule has 2 N–H and O–H groups in total. The first kappa shape index (κ1) is 24.5. The molecule has 0 aliphatic heterocycles. The van der Waals surface area contributed by atoms with Gasteiger partial charge in [-0.15, -0.1) is 0 Å². The third-order valence-corrected chi connectivity index (χ3v) is 5.18. The van der Waals surface area contributed by atoms with E-state index < -0.39 is 20.2 Å². The van der Waals surface area contributed by atoms with Crippen LogP contribution in [0.3, 0.4) is 0 Å². The van der Waals surface area contributed by atoms with Crippen LogP contribution < -0.4 is 14.2 Å². The maximum Gasteiger partial charge on any atom is 0.395 e. The Kier molecular flexibility index (Phi) is 8.74. The standard InChI is InChI=1S/C21H27N2O7P/c1-12(2)29-21(26)15(5)23-31(27)30-17-7-6-13(3)19(8-17)28-11-16-9-22-14(4)20(25)18(16)10-24/h6-9,12,15,24-25H,10-11H2,1-5H3/t15-/m0/s1. The second-order valence-corrected chi connectivity index (χ2v) is 8.07. The molecule has 1 aromatic heterocycles. The molecule has 2 atom stereocenters. The van der Waals surface area contributed by atoms with Crippen LogP contribution in [0.4, 0.5) is 0 Å². The van der Waals surface area contributed by atoms with Crippen molar-refractivity contribution in [1.29, 1.82) is 0 Å². The zero-order valence-corrected chi connectivity index (χ0v) is 19.1. The number of hydrogen-bond donors (Lipinski definition) is 2. The van der Waals surface area contributed by atoms with Gasteiger partial charge in [-0.05, 0) is 46.2 Å². The number of hydrogen-bond acceptors (Lipinski definition) is 9.